The molecule has 0 amide bonds. The summed E-state index contributed by atoms with van der Waals surface area (Å²) in [6.45, 7) is 23.9. The van der Waals surface area contributed by atoms with Gasteiger partial charge in [0.1, 0.15) is 19.3 Å². The van der Waals surface area contributed by atoms with Crippen LogP contribution in [0, 0.1) is 11.3 Å². The Morgan fingerprint density at radius 1 is 0.830 bits per heavy atom. The van der Waals surface area contributed by atoms with Crippen LogP contribution < -0.4 is 4.90 Å². The number of ether oxygens (including phenoxy) is 2. The third kappa shape index (κ3) is 9.65. The Bertz CT molecular complexity index is 1550. The van der Waals surface area contributed by atoms with Gasteiger partial charge in [-0.05, 0) is 61.2 Å². The Kier molecular flexibility index (Phi) is 11.2. The molecular weight excluding hydrogens is 617 g/mol. The summed E-state index contributed by atoms with van der Waals surface area (Å²) in [7, 11) is -2.44. The summed E-state index contributed by atoms with van der Waals surface area (Å²) in [6.07, 6.45) is 10.7. The fourth-order valence-corrected chi connectivity index (χ4v) is 7.83. The van der Waals surface area contributed by atoms with Crippen molar-refractivity contribution in [1.29, 1.82) is 0 Å². The fourth-order valence-electron chi connectivity index (χ4n) is 6.32. The Morgan fingerprint density at radius 3 is 2.02 bits per heavy atom. The van der Waals surface area contributed by atoms with Crippen LogP contribution in [0.3, 0.4) is 0 Å². The normalized spacial score (nSPS) is 17.8. The van der Waals surface area contributed by atoms with Crippen molar-refractivity contribution in [2.75, 3.05) is 31.6 Å². The smallest absolute Gasteiger partial charge is 0.165 e. The maximum absolute atomic E-state index is 6.37. The van der Waals surface area contributed by atoms with E-state index in [1.165, 1.54) is 12.8 Å². The zero-order chi connectivity index (χ0) is 33.8. The highest BCUT2D eigenvalue weighted by Crippen LogP contribution is 2.43. The lowest BCUT2D eigenvalue weighted by Gasteiger charge is -2.37. The molecule has 0 radical (unpaired) electrons. The predicted octanol–water partition coefficient (Wildman–Crippen LogP) is 9.33. The summed E-state index contributed by atoms with van der Waals surface area (Å²) in [5.74, 6) is 2.13. The molecule has 47 heavy (non-hydrogen) atoms. The van der Waals surface area contributed by atoms with Crippen molar-refractivity contribution in [3.63, 3.8) is 0 Å². The maximum atomic E-state index is 6.37. The number of benzene rings is 1. The largest absolute Gasteiger partial charge is 0.361 e. The summed E-state index contributed by atoms with van der Waals surface area (Å²) < 4.78 is 16.6. The SMILES string of the molecule is CC(C)(C)[C@H]1CC[C@H](c2cc(N(COCC[Si](C)(C)C)COCC[Si](C)(C)C)n3ncc(-c4cnn(-c5ccccc5)c4)c3n2)CC1. The fraction of sp³-hybridized carbons (Fsp3) is 0.595. The highest BCUT2D eigenvalue weighted by atomic mass is 28.3. The van der Waals surface area contributed by atoms with Crippen molar-refractivity contribution in [2.24, 2.45) is 11.3 Å². The first kappa shape index (κ1) is 35.5. The van der Waals surface area contributed by atoms with Crippen LogP contribution in [-0.4, -0.2) is 67.2 Å². The summed E-state index contributed by atoms with van der Waals surface area (Å²) >= 11 is 0. The lowest BCUT2D eigenvalue weighted by Crippen LogP contribution is -2.33. The highest BCUT2D eigenvalue weighted by molar-refractivity contribution is 6.76. The Labute approximate surface area is 284 Å². The third-order valence-corrected chi connectivity index (χ3v) is 13.0. The molecule has 1 fully saturated rings. The third-order valence-electron chi connectivity index (χ3n) is 9.57. The molecule has 3 aromatic heterocycles. The number of nitrogens with zero attached hydrogens (tertiary/aromatic N) is 6. The Balaban J connectivity index is 1.51. The number of rotatable bonds is 14. The molecular formula is C37H58N6O2Si2. The van der Waals surface area contributed by atoms with E-state index < -0.39 is 16.1 Å². The Hall–Kier alpha value is -2.80. The molecule has 1 aliphatic carbocycles. The van der Waals surface area contributed by atoms with Gasteiger partial charge in [-0.25, -0.2) is 9.67 Å². The first-order chi connectivity index (χ1) is 22.2. The average Bonchev–Trinajstić information content (AvgIpc) is 3.67. The van der Waals surface area contributed by atoms with Gasteiger partial charge in [-0.3, -0.25) is 0 Å². The second-order valence-electron chi connectivity index (χ2n) is 17.0. The summed E-state index contributed by atoms with van der Waals surface area (Å²) in [5.41, 5.74) is 5.35. The van der Waals surface area contributed by atoms with E-state index in [4.69, 9.17) is 24.7 Å². The van der Waals surface area contributed by atoms with E-state index in [-0.39, 0.29) is 0 Å². The molecule has 0 unspecified atom stereocenters. The average molecular weight is 675 g/mol. The van der Waals surface area contributed by atoms with Gasteiger partial charge >= 0.3 is 0 Å². The van der Waals surface area contributed by atoms with Gasteiger partial charge in [0.2, 0.25) is 0 Å². The van der Waals surface area contributed by atoms with E-state index in [1.807, 2.05) is 39.8 Å². The van der Waals surface area contributed by atoms with Gasteiger partial charge in [-0.2, -0.15) is 14.7 Å². The standard InChI is InChI=1S/C37H58N6O2Si2/c1-37(2,3)31-17-15-29(16-18-31)34-23-35(41(27-44-19-21-46(4,5)6)28-45-20-22-47(7,8)9)43-36(40-34)33(25-39-43)30-24-38-42(26-30)32-13-11-10-12-14-32/h10-14,23-26,29,31H,15-22,27-28H2,1-9H3/t29-,31-. The molecule has 8 nitrogen and oxygen atoms in total. The van der Waals surface area contributed by atoms with Gasteiger partial charge in [0.25, 0.3) is 0 Å². The lowest BCUT2D eigenvalue weighted by molar-refractivity contribution is 0.0942. The summed E-state index contributed by atoms with van der Waals surface area (Å²) in [5, 5.41) is 9.64. The van der Waals surface area contributed by atoms with Crippen LogP contribution in [0.1, 0.15) is 58.1 Å². The molecule has 0 N–H and O–H groups in total. The van der Waals surface area contributed by atoms with Crippen molar-refractivity contribution in [3.8, 4) is 16.8 Å². The molecule has 3 heterocycles. The van der Waals surface area contributed by atoms with Gasteiger partial charge in [0.05, 0.1) is 18.1 Å². The van der Waals surface area contributed by atoms with Crippen LogP contribution in [-0.2, 0) is 9.47 Å². The van der Waals surface area contributed by atoms with Crippen molar-refractivity contribution in [1.82, 2.24) is 24.4 Å². The van der Waals surface area contributed by atoms with Crippen LogP contribution in [0.4, 0.5) is 5.82 Å². The zero-order valence-electron chi connectivity index (χ0n) is 30.4. The quantitative estimate of drug-likeness (QED) is 0.0754. The van der Waals surface area contributed by atoms with Gasteiger partial charge in [-0.15, -0.1) is 0 Å². The van der Waals surface area contributed by atoms with E-state index in [0.717, 1.165) is 78.0 Å². The molecule has 1 saturated carbocycles. The zero-order valence-corrected chi connectivity index (χ0v) is 32.4. The van der Waals surface area contributed by atoms with E-state index in [9.17, 15) is 0 Å². The Morgan fingerprint density at radius 2 is 1.45 bits per heavy atom. The van der Waals surface area contributed by atoms with Crippen molar-refractivity contribution in [3.05, 3.63) is 60.7 Å². The number of aromatic nitrogens is 5. The van der Waals surface area contributed by atoms with Gasteiger partial charge < -0.3 is 14.4 Å². The van der Waals surface area contributed by atoms with Crippen molar-refractivity contribution in [2.45, 2.75) is 104 Å². The second-order valence-corrected chi connectivity index (χ2v) is 28.2. The van der Waals surface area contributed by atoms with Crippen LogP contribution in [0.15, 0.2) is 55.0 Å². The van der Waals surface area contributed by atoms with E-state index >= 15 is 0 Å². The van der Waals surface area contributed by atoms with E-state index in [2.05, 4.69) is 89.3 Å². The molecule has 0 spiro atoms. The molecule has 0 saturated heterocycles. The number of hydrogen-bond donors (Lipinski definition) is 0. The van der Waals surface area contributed by atoms with Gasteiger partial charge in [-0.1, -0.05) is 78.3 Å². The summed E-state index contributed by atoms with van der Waals surface area (Å²) in [6, 6.07) is 14.7. The molecule has 4 aromatic rings. The topological polar surface area (TPSA) is 69.7 Å². The highest BCUT2D eigenvalue weighted by Gasteiger charge is 2.32. The molecule has 5 rings (SSSR count). The molecule has 0 bridgehead atoms. The number of anilines is 1. The van der Waals surface area contributed by atoms with Gasteiger partial charge in [0.15, 0.2) is 5.65 Å². The first-order valence-electron chi connectivity index (χ1n) is 17.6. The van der Waals surface area contributed by atoms with Crippen LogP contribution in [0.2, 0.25) is 51.4 Å². The van der Waals surface area contributed by atoms with Crippen molar-refractivity contribution < 1.29 is 9.47 Å². The molecule has 1 aromatic carbocycles. The number of para-hydroxylation sites is 1. The predicted molar refractivity (Wildman–Crippen MR) is 200 cm³/mol. The van der Waals surface area contributed by atoms with Crippen LogP contribution in [0.5, 0.6) is 0 Å². The second kappa shape index (κ2) is 14.8. The molecule has 10 heteroatoms. The van der Waals surface area contributed by atoms with Crippen LogP contribution >= 0.6 is 0 Å². The van der Waals surface area contributed by atoms with Crippen LogP contribution in [0.25, 0.3) is 22.5 Å². The lowest BCUT2D eigenvalue weighted by atomic mass is 9.69. The minimum Gasteiger partial charge on any atom is -0.361 e. The molecule has 256 valence electrons. The molecule has 0 atom stereocenters. The van der Waals surface area contributed by atoms with Gasteiger partial charge in [0, 0.05) is 64.4 Å². The minimum atomic E-state index is -1.22. The monoisotopic (exact) mass is 674 g/mol. The number of fused-ring (bicyclic) bond motifs is 1. The molecule has 1 aliphatic rings. The minimum absolute atomic E-state index is 0.336. The van der Waals surface area contributed by atoms with E-state index in [0.29, 0.717) is 24.8 Å². The summed E-state index contributed by atoms with van der Waals surface area (Å²) in [4.78, 5) is 7.59. The van der Waals surface area contributed by atoms with E-state index in [1.54, 1.807) is 0 Å². The maximum Gasteiger partial charge on any atom is 0.165 e. The first-order valence-corrected chi connectivity index (χ1v) is 25.0. The van der Waals surface area contributed by atoms with Crippen molar-refractivity contribution >= 4 is 27.6 Å². The molecule has 0 aliphatic heterocycles. The number of hydrogen-bond acceptors (Lipinski definition) is 6.